The van der Waals surface area contributed by atoms with E-state index in [9.17, 15) is 0 Å². The third-order valence-corrected chi connectivity index (χ3v) is 26.1. The molecule has 3 aliphatic heterocycles. The van der Waals surface area contributed by atoms with Crippen LogP contribution in [0.5, 0.6) is 0 Å². The van der Waals surface area contributed by atoms with E-state index in [2.05, 4.69) is 384 Å². The quantitative estimate of drug-likeness (QED) is 0.168. The molecular formula is C101H64N4S. The largest absolute Gasteiger partial charge is 0.309 e. The fraction of sp³-hybridized carbons (Fsp3) is 0.0495. The van der Waals surface area contributed by atoms with Gasteiger partial charge in [-0.1, -0.05) is 299 Å². The lowest BCUT2D eigenvalue weighted by atomic mass is 9.52. The van der Waals surface area contributed by atoms with Crippen molar-refractivity contribution >= 4 is 99.0 Å². The van der Waals surface area contributed by atoms with Crippen LogP contribution in [-0.2, 0) is 16.2 Å². The molecule has 0 N–H and O–H groups in total. The first-order chi connectivity index (χ1) is 52.4. The lowest BCUT2D eigenvalue weighted by molar-refractivity contribution is 0.558. The fourth-order valence-electron chi connectivity index (χ4n) is 20.7. The molecule has 2 unspecified atom stereocenters. The highest BCUT2D eigenvalue weighted by molar-refractivity contribution is 7.99. The number of nitrogens with zero attached hydrogens (tertiary/aromatic N) is 4. The third-order valence-electron chi connectivity index (χ3n) is 24.8. The minimum Gasteiger partial charge on any atom is -0.309 e. The Morgan fingerprint density at radius 2 is 0.604 bits per heavy atom. The van der Waals surface area contributed by atoms with Crippen molar-refractivity contribution in [2.45, 2.75) is 39.9 Å². The van der Waals surface area contributed by atoms with Crippen LogP contribution >= 0.6 is 11.8 Å². The predicted octanol–water partition coefficient (Wildman–Crippen LogP) is 25.6. The topological polar surface area (TPSA) is 19.7 Å². The lowest BCUT2D eigenvalue weighted by Gasteiger charge is -2.50. The number of benzene rings is 16. The molecule has 0 fully saturated rings. The zero-order valence-corrected chi connectivity index (χ0v) is 59.0. The van der Waals surface area contributed by atoms with Gasteiger partial charge in [0, 0.05) is 69.7 Å². The maximum Gasteiger partial charge on any atom is 0.0764 e. The van der Waals surface area contributed by atoms with E-state index < -0.39 is 10.8 Å². The Balaban J connectivity index is 0.683. The van der Waals surface area contributed by atoms with E-state index in [1.54, 1.807) is 0 Å². The smallest absolute Gasteiger partial charge is 0.0764 e. The van der Waals surface area contributed by atoms with Crippen molar-refractivity contribution in [2.24, 2.45) is 0 Å². The Morgan fingerprint density at radius 1 is 0.236 bits per heavy atom. The number of aromatic nitrogens is 4. The summed E-state index contributed by atoms with van der Waals surface area (Å²) in [5.74, 6) is 0. The minimum absolute atomic E-state index is 0.366. The molecule has 494 valence electrons. The van der Waals surface area contributed by atoms with Crippen LogP contribution in [0, 0.1) is 0 Å². The summed E-state index contributed by atoms with van der Waals surface area (Å²) in [5.41, 5.74) is 33.3. The first-order valence-corrected chi connectivity index (χ1v) is 37.9. The van der Waals surface area contributed by atoms with Crippen molar-refractivity contribution < 1.29 is 0 Å². The van der Waals surface area contributed by atoms with Gasteiger partial charge in [0.1, 0.15) is 0 Å². The number of para-hydroxylation sites is 8. The zero-order chi connectivity index (χ0) is 69.5. The first-order valence-electron chi connectivity index (χ1n) is 37.1. The van der Waals surface area contributed by atoms with Crippen molar-refractivity contribution in [3.63, 3.8) is 0 Å². The van der Waals surface area contributed by atoms with Crippen LogP contribution in [0.4, 0.5) is 0 Å². The molecule has 0 saturated carbocycles. The summed E-state index contributed by atoms with van der Waals surface area (Å²) in [6.45, 7) is 4.92. The molecule has 4 nitrogen and oxygen atoms in total. The molecule has 4 aliphatic rings. The highest BCUT2D eigenvalue weighted by Gasteiger charge is 2.54. The molecule has 0 radical (unpaired) electrons. The Labute approximate surface area is 616 Å². The van der Waals surface area contributed by atoms with Gasteiger partial charge in [0.15, 0.2) is 0 Å². The summed E-state index contributed by atoms with van der Waals surface area (Å²) in [6, 6.07) is 134. The number of rotatable bonds is 5. The molecule has 0 amide bonds. The van der Waals surface area contributed by atoms with Gasteiger partial charge in [-0.25, -0.2) is 0 Å². The average molecular weight is 1370 g/mol. The number of fused-ring (bicyclic) bond motifs is 28. The van der Waals surface area contributed by atoms with Gasteiger partial charge < -0.3 is 18.3 Å². The van der Waals surface area contributed by atoms with Crippen LogP contribution in [0.2, 0.25) is 0 Å². The van der Waals surface area contributed by atoms with Gasteiger partial charge in [-0.15, -0.1) is 0 Å². The molecule has 5 heteroatoms. The SMILES string of the molecule is CC1(C)c2ccccc2C2(c3ccccc3-n3c4cc(-c5ccc6c7ccc(-c8cccc9c8Sc8ccccc8C98c9ccccc9-n9c%10ccccc%10c%10cccc8c%109)cc7n(-c7ccccc7)c6c5)ccc4c4cccc2c43)c2cccc(-c3ccc4c5ccccc5n(-c5ccccc5)c4c3)c21. The number of hydrogen-bond donors (Lipinski definition) is 0. The standard InChI is InChI=1S/C101H64N4S/c1-99(2)77-35-11-12-36-78(77)100(82-40-21-31-67(95(82)99)63-51-55-71-69-29-9-16-44-86(69)102(91(71)59-63)65-25-5-3-6-26-65)79-37-13-19-47-89(79)105-93-58-62(50-54-74(93)76-34-24-41-83(100)97(76)105)61-49-53-72-73-56-52-64(60-92(73)103(90(72)57-61)66-27-7-4-8-28-66)68-32-22-43-85-98(68)106-94-48-20-15-39-81(94)101(85)80-38-14-18-46-88(80)104-87-45-17-10-30-70(87)75-33-23-42-84(101)96(75)104/h3-60H,1-2H3. The molecule has 2 spiro atoms. The molecule has 106 heavy (non-hydrogen) atoms. The van der Waals surface area contributed by atoms with E-state index in [0.717, 1.165) is 11.4 Å². The number of hydrogen-bond acceptors (Lipinski definition) is 1. The highest BCUT2D eigenvalue weighted by atomic mass is 32.2. The average Bonchev–Trinajstić information content (AvgIpc) is 1.18. The zero-order valence-electron chi connectivity index (χ0n) is 58.2. The molecule has 20 aromatic rings. The van der Waals surface area contributed by atoms with Crippen LogP contribution < -0.4 is 0 Å². The van der Waals surface area contributed by atoms with Crippen LogP contribution in [0.25, 0.3) is 143 Å². The van der Waals surface area contributed by atoms with Gasteiger partial charge >= 0.3 is 0 Å². The van der Waals surface area contributed by atoms with Crippen molar-refractivity contribution in [2.75, 3.05) is 0 Å². The van der Waals surface area contributed by atoms with Crippen molar-refractivity contribution in [3.8, 4) is 56.1 Å². The summed E-state index contributed by atoms with van der Waals surface area (Å²) >= 11 is 1.92. The van der Waals surface area contributed by atoms with Crippen LogP contribution in [0.3, 0.4) is 0 Å². The minimum atomic E-state index is -0.661. The highest BCUT2D eigenvalue weighted by Crippen LogP contribution is 2.65. The summed E-state index contributed by atoms with van der Waals surface area (Å²) in [5, 5.41) is 10.0. The van der Waals surface area contributed by atoms with Gasteiger partial charge in [0.05, 0.1) is 66.3 Å². The van der Waals surface area contributed by atoms with E-state index in [1.165, 1.54) is 197 Å². The second-order valence-electron chi connectivity index (χ2n) is 30.1. The van der Waals surface area contributed by atoms with Crippen LogP contribution in [0.1, 0.15) is 69.5 Å². The summed E-state index contributed by atoms with van der Waals surface area (Å²) in [6.07, 6.45) is 0. The summed E-state index contributed by atoms with van der Waals surface area (Å²) in [7, 11) is 0. The van der Waals surface area contributed by atoms with Crippen molar-refractivity contribution in [1.82, 2.24) is 18.3 Å². The second kappa shape index (κ2) is 21.1. The maximum atomic E-state index is 2.61. The molecule has 16 aromatic carbocycles. The van der Waals surface area contributed by atoms with Crippen LogP contribution in [0.15, 0.2) is 362 Å². The fourth-order valence-corrected chi connectivity index (χ4v) is 22.0. The van der Waals surface area contributed by atoms with E-state index >= 15 is 0 Å². The van der Waals surface area contributed by atoms with Crippen molar-refractivity contribution in [3.05, 3.63) is 407 Å². The molecule has 0 saturated heterocycles. The molecule has 1 aliphatic carbocycles. The first kappa shape index (κ1) is 58.6. The second-order valence-corrected chi connectivity index (χ2v) is 31.1. The van der Waals surface area contributed by atoms with Gasteiger partial charge in [-0.2, -0.15) is 0 Å². The monoisotopic (exact) mass is 1360 g/mol. The van der Waals surface area contributed by atoms with E-state index in [-0.39, 0.29) is 5.41 Å². The van der Waals surface area contributed by atoms with E-state index in [1.807, 2.05) is 11.8 Å². The van der Waals surface area contributed by atoms with Gasteiger partial charge in [-0.05, 0) is 168 Å². The molecular weight excluding hydrogens is 1300 g/mol. The lowest BCUT2D eigenvalue weighted by Crippen LogP contribution is -2.44. The molecule has 0 bridgehead atoms. The maximum absolute atomic E-state index is 2.61. The normalized spacial score (nSPS) is 16.3. The Kier molecular flexibility index (Phi) is 11.7. The third kappa shape index (κ3) is 7.35. The summed E-state index contributed by atoms with van der Waals surface area (Å²) < 4.78 is 10.1. The van der Waals surface area contributed by atoms with E-state index in [0.29, 0.717) is 0 Å². The van der Waals surface area contributed by atoms with Crippen LogP contribution in [-0.4, -0.2) is 18.3 Å². The predicted molar refractivity (Wildman–Crippen MR) is 440 cm³/mol. The Hall–Kier alpha value is -12.9. The van der Waals surface area contributed by atoms with Gasteiger partial charge in [0.2, 0.25) is 0 Å². The Morgan fingerprint density at radius 3 is 1.21 bits per heavy atom. The molecule has 4 aromatic heterocycles. The van der Waals surface area contributed by atoms with Gasteiger partial charge in [-0.3, -0.25) is 0 Å². The summed E-state index contributed by atoms with van der Waals surface area (Å²) in [4.78, 5) is 2.57. The van der Waals surface area contributed by atoms with Gasteiger partial charge in [0.25, 0.3) is 0 Å². The molecule has 7 heterocycles. The molecule has 2 atom stereocenters. The van der Waals surface area contributed by atoms with Crippen molar-refractivity contribution in [1.29, 1.82) is 0 Å². The molecule has 24 rings (SSSR count). The Bertz CT molecular complexity index is 7280. The van der Waals surface area contributed by atoms with E-state index in [4.69, 9.17) is 0 Å².